The van der Waals surface area contributed by atoms with Crippen LogP contribution < -0.4 is 10.6 Å². The molecule has 2 aromatic heterocycles. The molecule has 0 aliphatic heterocycles. The Balaban J connectivity index is 1.10. The molecule has 20 heteroatoms. The van der Waals surface area contributed by atoms with Crippen LogP contribution >= 0.6 is 69.9 Å². The van der Waals surface area contributed by atoms with E-state index in [1.807, 2.05) is 62.4 Å². The van der Waals surface area contributed by atoms with Gasteiger partial charge in [-0.25, -0.2) is 19.6 Å². The Morgan fingerprint density at radius 1 is 0.591 bits per heavy atom. The van der Waals surface area contributed by atoms with Crippen molar-refractivity contribution in [3.63, 3.8) is 0 Å². The minimum Gasteiger partial charge on any atom is -0.431 e. The standard InChI is InChI=1S/C46H48Cl4N6O8S2/c1-27-5-11-37-39(21-27)61-45(53-37)65-25-41(57)55(29(3)13-17-51-19-15-31-7-9-33(47)35(49)23-31)63-43(59)44(60)64-56(30(4)14-18-52-20-16-32-8-10-34(48)36(50)24-32)42(58)26-66-46-54-38-12-6-28(2)22-40(38)62-46/h5-12,21-24,29-30,51-52H,13-20,25-26H2,1-4H3. The molecule has 4 aromatic carbocycles. The summed E-state index contributed by atoms with van der Waals surface area (Å²) in [4.78, 5) is 74.7. The lowest BCUT2D eigenvalue weighted by Gasteiger charge is -2.29. The maximum atomic E-state index is 13.8. The van der Waals surface area contributed by atoms with E-state index in [9.17, 15) is 19.2 Å². The van der Waals surface area contributed by atoms with E-state index in [0.717, 1.165) is 55.9 Å². The minimum atomic E-state index is -1.50. The number of carbonyl (C=O) groups excluding carboxylic acids is 4. The number of fused-ring (bicyclic) bond motifs is 2. The summed E-state index contributed by atoms with van der Waals surface area (Å²) in [5.41, 5.74) is 6.30. The Kier molecular flexibility index (Phi) is 18.9. The van der Waals surface area contributed by atoms with Gasteiger partial charge in [-0.15, -0.1) is 0 Å². The third kappa shape index (κ3) is 14.7. The lowest BCUT2D eigenvalue weighted by Crippen LogP contribution is -2.47. The van der Waals surface area contributed by atoms with E-state index in [1.54, 1.807) is 38.1 Å². The van der Waals surface area contributed by atoms with E-state index >= 15 is 0 Å². The quantitative estimate of drug-likeness (QED) is 0.0321. The van der Waals surface area contributed by atoms with Crippen molar-refractivity contribution in [1.82, 2.24) is 30.7 Å². The van der Waals surface area contributed by atoms with E-state index in [2.05, 4.69) is 20.6 Å². The number of halogens is 4. The van der Waals surface area contributed by atoms with Gasteiger partial charge in [-0.05, 0) is 150 Å². The van der Waals surface area contributed by atoms with Crippen molar-refractivity contribution in [3.05, 3.63) is 115 Å². The zero-order valence-corrected chi connectivity index (χ0v) is 41.2. The van der Waals surface area contributed by atoms with Gasteiger partial charge in [0, 0.05) is 0 Å². The highest BCUT2D eigenvalue weighted by atomic mass is 35.5. The molecule has 14 nitrogen and oxygen atoms in total. The second-order valence-corrected chi connectivity index (χ2v) is 18.9. The van der Waals surface area contributed by atoms with Crippen LogP contribution in [0.2, 0.25) is 20.1 Å². The number of hydrogen-bond donors (Lipinski definition) is 2. The molecule has 0 aliphatic carbocycles. The summed E-state index contributed by atoms with van der Waals surface area (Å²) in [5, 5.41) is 10.7. The number of carbonyl (C=O) groups is 4. The number of rotatable bonds is 20. The molecule has 66 heavy (non-hydrogen) atoms. The Morgan fingerprint density at radius 3 is 1.39 bits per heavy atom. The molecule has 0 saturated heterocycles. The zero-order chi connectivity index (χ0) is 47.3. The minimum absolute atomic E-state index is 0.240. The van der Waals surface area contributed by atoms with Crippen LogP contribution in [0.15, 0.2) is 92.1 Å². The summed E-state index contributed by atoms with van der Waals surface area (Å²) in [5.74, 6) is -4.76. The van der Waals surface area contributed by atoms with Gasteiger partial charge in [0.15, 0.2) is 11.2 Å². The average Bonchev–Trinajstić information content (AvgIpc) is 3.90. The van der Waals surface area contributed by atoms with Crippen LogP contribution in [-0.4, -0.2) is 93.6 Å². The van der Waals surface area contributed by atoms with E-state index in [4.69, 9.17) is 64.9 Å². The number of hydroxylamine groups is 4. The van der Waals surface area contributed by atoms with E-state index in [0.29, 0.717) is 94.2 Å². The SMILES string of the molecule is Cc1ccc2nc(SCC(=O)N(OC(=O)C(=O)ON(C(=O)CSc3nc4ccc(C)cc4o3)C(C)CCNCCc3ccc(Cl)c(Cl)c3)C(C)CCNCCc3ccc(Cl)c(Cl)c3)oc2c1. The highest BCUT2D eigenvalue weighted by molar-refractivity contribution is 8.00. The average molecular weight is 1020 g/mol. The summed E-state index contributed by atoms with van der Waals surface area (Å²) in [6, 6.07) is 20.5. The smallest absolute Gasteiger partial charge is 0.431 e. The first-order valence-electron chi connectivity index (χ1n) is 21.0. The lowest BCUT2D eigenvalue weighted by molar-refractivity contribution is -0.226. The number of oxazole rings is 2. The van der Waals surface area contributed by atoms with Crippen molar-refractivity contribution in [1.29, 1.82) is 0 Å². The van der Waals surface area contributed by atoms with Gasteiger partial charge in [-0.2, -0.15) is 10.1 Å². The maximum Gasteiger partial charge on any atom is 0.444 e. The molecular formula is C46H48Cl4N6O8S2. The van der Waals surface area contributed by atoms with Crippen molar-refractivity contribution in [2.45, 2.75) is 75.9 Å². The number of amides is 2. The Hall–Kier alpha value is -4.52. The van der Waals surface area contributed by atoms with Crippen LogP contribution in [0.1, 0.15) is 48.9 Å². The van der Waals surface area contributed by atoms with Crippen molar-refractivity contribution in [3.8, 4) is 0 Å². The monoisotopic (exact) mass is 1020 g/mol. The van der Waals surface area contributed by atoms with Gasteiger partial charge in [0.2, 0.25) is 0 Å². The first-order valence-corrected chi connectivity index (χ1v) is 24.5. The molecule has 2 N–H and O–H groups in total. The molecule has 2 unspecified atom stereocenters. The summed E-state index contributed by atoms with van der Waals surface area (Å²) in [6.07, 6.45) is 1.97. The largest absolute Gasteiger partial charge is 0.444 e. The number of aromatic nitrogens is 2. The van der Waals surface area contributed by atoms with Crippen LogP contribution in [0.3, 0.4) is 0 Å². The number of nitrogens with zero attached hydrogens (tertiary/aromatic N) is 4. The van der Waals surface area contributed by atoms with Crippen LogP contribution in [0, 0.1) is 13.8 Å². The molecule has 0 saturated carbocycles. The van der Waals surface area contributed by atoms with Gasteiger partial charge in [0.25, 0.3) is 22.3 Å². The molecule has 0 aliphatic rings. The Labute approximate surface area is 410 Å². The number of aryl methyl sites for hydroxylation is 2. The summed E-state index contributed by atoms with van der Waals surface area (Å²) < 4.78 is 11.7. The normalized spacial score (nSPS) is 12.3. The van der Waals surface area contributed by atoms with Gasteiger partial charge >= 0.3 is 11.9 Å². The molecular weight excluding hydrogens is 970 g/mol. The molecule has 2 heterocycles. The fourth-order valence-electron chi connectivity index (χ4n) is 6.51. The van der Waals surface area contributed by atoms with Gasteiger partial charge < -0.3 is 29.1 Å². The molecule has 6 rings (SSSR count). The van der Waals surface area contributed by atoms with Crippen LogP contribution in [0.5, 0.6) is 0 Å². The Morgan fingerprint density at radius 2 is 1.00 bits per heavy atom. The molecule has 2 amide bonds. The lowest BCUT2D eigenvalue weighted by atomic mass is 10.1. The topological polar surface area (TPSA) is 169 Å². The van der Waals surface area contributed by atoms with Gasteiger partial charge in [-0.1, -0.05) is 94.2 Å². The first kappa shape index (κ1) is 50.9. The van der Waals surface area contributed by atoms with Crippen molar-refractivity contribution in [2.75, 3.05) is 37.7 Å². The molecule has 0 radical (unpaired) electrons. The predicted molar refractivity (Wildman–Crippen MR) is 259 cm³/mol. The second-order valence-electron chi connectivity index (χ2n) is 15.4. The molecule has 6 aromatic rings. The van der Waals surface area contributed by atoms with Crippen molar-refractivity contribution < 1.29 is 37.7 Å². The molecule has 350 valence electrons. The first-order chi connectivity index (χ1) is 31.6. The second kappa shape index (κ2) is 24.5. The Bertz CT molecular complexity index is 2490. The highest BCUT2D eigenvalue weighted by Gasteiger charge is 2.33. The summed E-state index contributed by atoms with van der Waals surface area (Å²) >= 11 is 26.5. The van der Waals surface area contributed by atoms with Crippen molar-refractivity contribution in [2.24, 2.45) is 0 Å². The number of hydrogen-bond acceptors (Lipinski definition) is 14. The third-order valence-electron chi connectivity index (χ3n) is 10.1. The maximum absolute atomic E-state index is 13.8. The highest BCUT2D eigenvalue weighted by Crippen LogP contribution is 2.28. The molecule has 0 spiro atoms. The molecule has 0 bridgehead atoms. The van der Waals surface area contributed by atoms with Gasteiger partial charge in [0.05, 0.1) is 43.7 Å². The van der Waals surface area contributed by atoms with Gasteiger partial charge in [0.1, 0.15) is 11.0 Å². The van der Waals surface area contributed by atoms with Crippen LogP contribution in [0.4, 0.5) is 0 Å². The predicted octanol–water partition coefficient (Wildman–Crippen LogP) is 9.88. The summed E-state index contributed by atoms with van der Waals surface area (Å²) in [7, 11) is 0. The number of benzene rings is 4. The number of nitrogens with one attached hydrogen (secondary N) is 2. The summed E-state index contributed by atoms with van der Waals surface area (Å²) in [6.45, 7) is 9.22. The van der Waals surface area contributed by atoms with E-state index in [-0.39, 0.29) is 22.0 Å². The van der Waals surface area contributed by atoms with Crippen LogP contribution in [-0.2, 0) is 41.7 Å². The number of thioether (sulfide) groups is 2. The third-order valence-corrected chi connectivity index (χ3v) is 13.2. The van der Waals surface area contributed by atoms with E-state index in [1.165, 1.54) is 0 Å². The van der Waals surface area contributed by atoms with Crippen molar-refractivity contribution >= 4 is 116 Å². The fourth-order valence-corrected chi connectivity index (χ4v) is 8.52. The molecule has 0 fully saturated rings. The van der Waals surface area contributed by atoms with Crippen LogP contribution in [0.25, 0.3) is 22.2 Å². The van der Waals surface area contributed by atoms with Gasteiger partial charge in [-0.3, -0.25) is 9.59 Å². The molecule has 2 atom stereocenters. The van der Waals surface area contributed by atoms with E-state index < -0.39 is 35.8 Å². The zero-order valence-electron chi connectivity index (χ0n) is 36.5. The fraction of sp³-hybridized carbons (Fsp3) is 0.348.